The zero-order valence-electron chi connectivity index (χ0n) is 12.8. The van der Waals surface area contributed by atoms with Crippen molar-refractivity contribution >= 4 is 5.91 Å². The molecule has 1 unspecified atom stereocenters. The number of carbonyl (C=O) groups excluding carboxylic acids is 1. The zero-order chi connectivity index (χ0) is 14.1. The molecule has 0 radical (unpaired) electrons. The van der Waals surface area contributed by atoms with E-state index in [-0.39, 0.29) is 23.6 Å². The van der Waals surface area contributed by atoms with Crippen molar-refractivity contribution in [2.45, 2.75) is 53.6 Å². The number of amides is 1. The molecule has 1 heterocycles. The van der Waals surface area contributed by atoms with Crippen molar-refractivity contribution in [2.75, 3.05) is 13.1 Å². The van der Waals surface area contributed by atoms with Gasteiger partial charge in [0.2, 0.25) is 5.91 Å². The number of aliphatic hydroxyl groups excluding tert-OH is 1. The molecule has 4 N–H and O–H groups in total. The second-order valence-electron chi connectivity index (χ2n) is 5.02. The Bertz CT molecular complexity index is 212. The van der Waals surface area contributed by atoms with Crippen LogP contribution in [0.15, 0.2) is 13.2 Å². The third kappa shape index (κ3) is 10.3. The van der Waals surface area contributed by atoms with Gasteiger partial charge in [-0.1, -0.05) is 34.6 Å². The lowest BCUT2D eigenvalue weighted by molar-refractivity contribution is -0.132. The van der Waals surface area contributed by atoms with Gasteiger partial charge in [-0.25, -0.2) is 0 Å². The molecule has 0 aromatic carbocycles. The molecule has 0 aromatic heterocycles. The van der Waals surface area contributed by atoms with Crippen molar-refractivity contribution in [3.63, 3.8) is 0 Å². The number of nitrogens with zero attached hydrogens (tertiary/aromatic N) is 1. The Kier molecular flexibility index (Phi) is 13.9. The summed E-state index contributed by atoms with van der Waals surface area (Å²) in [5.41, 5.74) is 0.0463. The largest absolute Gasteiger partial charge is 0.391 e. The lowest BCUT2D eigenvalue weighted by atomic mass is 9.92. The number of β-amino-alcohol motifs (C(OH)–C–C–N with tert-alkyl or cyclic N) is 1. The molecule has 0 aromatic rings. The fourth-order valence-corrected chi connectivity index (χ4v) is 1.53. The van der Waals surface area contributed by atoms with Crippen LogP contribution < -0.4 is 6.15 Å². The molecule has 1 rings (SSSR count). The number of aliphatic hydroxyl groups is 1. The predicted octanol–water partition coefficient (Wildman–Crippen LogP) is 3.01. The molecule has 0 saturated carbocycles. The zero-order valence-corrected chi connectivity index (χ0v) is 12.8. The van der Waals surface area contributed by atoms with Gasteiger partial charge < -0.3 is 16.2 Å². The van der Waals surface area contributed by atoms with Crippen LogP contribution in [0, 0.1) is 5.41 Å². The predicted molar refractivity (Wildman–Crippen MR) is 78.9 cm³/mol. The molecule has 110 valence electrons. The highest BCUT2D eigenvalue weighted by Gasteiger charge is 2.27. The Hall–Kier alpha value is -0.870. The van der Waals surface area contributed by atoms with Crippen LogP contribution in [-0.2, 0) is 4.79 Å². The maximum absolute atomic E-state index is 11.6. The summed E-state index contributed by atoms with van der Waals surface area (Å²) >= 11 is 0. The van der Waals surface area contributed by atoms with Crippen molar-refractivity contribution in [1.29, 1.82) is 0 Å². The summed E-state index contributed by atoms with van der Waals surface area (Å²) in [5.74, 6) is 0.170. The van der Waals surface area contributed by atoms with Crippen LogP contribution in [0.4, 0.5) is 0 Å². The highest BCUT2D eigenvalue weighted by atomic mass is 16.3. The fraction of sp³-hybridized carbons (Fsp3) is 0.786. The minimum absolute atomic E-state index is 0. The van der Waals surface area contributed by atoms with Gasteiger partial charge in [0, 0.05) is 19.5 Å². The lowest BCUT2D eigenvalue weighted by Gasteiger charge is -2.22. The molecule has 0 aliphatic carbocycles. The molecular weight excluding hydrogens is 228 g/mol. The van der Waals surface area contributed by atoms with Crippen LogP contribution in [0.3, 0.4) is 0 Å². The second kappa shape index (κ2) is 11.2. The van der Waals surface area contributed by atoms with Crippen LogP contribution in [0.5, 0.6) is 0 Å². The van der Waals surface area contributed by atoms with E-state index in [1.54, 1.807) is 4.90 Å². The van der Waals surface area contributed by atoms with Gasteiger partial charge >= 0.3 is 0 Å². The number of carbonyl (C=O) groups is 1. The van der Waals surface area contributed by atoms with Gasteiger partial charge in [0.1, 0.15) is 0 Å². The Morgan fingerprint density at radius 2 is 1.78 bits per heavy atom. The Labute approximate surface area is 113 Å². The SMILES string of the molecule is C=C.CC.CC(C)(C)CC(=O)N1CCC(O)C1.N. The Morgan fingerprint density at radius 3 is 2.06 bits per heavy atom. The van der Waals surface area contributed by atoms with Gasteiger partial charge in [0.15, 0.2) is 0 Å². The van der Waals surface area contributed by atoms with Gasteiger partial charge in [-0.05, 0) is 11.8 Å². The van der Waals surface area contributed by atoms with Crippen LogP contribution in [0.25, 0.3) is 0 Å². The van der Waals surface area contributed by atoms with Crippen molar-refractivity contribution in [1.82, 2.24) is 11.1 Å². The Morgan fingerprint density at radius 1 is 1.33 bits per heavy atom. The van der Waals surface area contributed by atoms with E-state index in [1.807, 2.05) is 13.8 Å². The molecule has 1 atom stereocenters. The average molecular weight is 260 g/mol. The van der Waals surface area contributed by atoms with E-state index in [9.17, 15) is 9.90 Å². The standard InChI is InChI=1S/C10H19NO2.C2H6.C2H4.H3N/c1-10(2,3)6-9(13)11-5-4-8(12)7-11;2*1-2;/h8,12H,4-7H2,1-3H3;1-2H3;1-2H2;1H3. The quantitative estimate of drug-likeness (QED) is 0.712. The molecule has 1 fully saturated rings. The third-order valence-corrected chi connectivity index (χ3v) is 2.20. The minimum Gasteiger partial charge on any atom is -0.391 e. The summed E-state index contributed by atoms with van der Waals surface area (Å²) in [6, 6.07) is 0. The number of likely N-dealkylation sites (tertiary alicyclic amines) is 1. The summed E-state index contributed by atoms with van der Waals surface area (Å²) in [4.78, 5) is 13.4. The highest BCUT2D eigenvalue weighted by Crippen LogP contribution is 2.21. The third-order valence-electron chi connectivity index (χ3n) is 2.20. The van der Waals surface area contributed by atoms with E-state index >= 15 is 0 Å². The lowest BCUT2D eigenvalue weighted by Crippen LogP contribution is -2.32. The molecule has 18 heavy (non-hydrogen) atoms. The monoisotopic (exact) mass is 260 g/mol. The smallest absolute Gasteiger partial charge is 0.223 e. The first-order valence-corrected chi connectivity index (χ1v) is 6.34. The van der Waals surface area contributed by atoms with Gasteiger partial charge in [0.05, 0.1) is 6.10 Å². The van der Waals surface area contributed by atoms with Crippen molar-refractivity contribution < 1.29 is 9.90 Å². The van der Waals surface area contributed by atoms with E-state index in [2.05, 4.69) is 33.9 Å². The average Bonchev–Trinajstić information content (AvgIpc) is 2.69. The number of rotatable bonds is 1. The number of hydrogen-bond donors (Lipinski definition) is 2. The van der Waals surface area contributed by atoms with E-state index < -0.39 is 0 Å². The first kappa shape index (κ1) is 22.3. The molecule has 4 nitrogen and oxygen atoms in total. The fourth-order valence-electron chi connectivity index (χ4n) is 1.53. The van der Waals surface area contributed by atoms with E-state index in [1.165, 1.54) is 0 Å². The van der Waals surface area contributed by atoms with Gasteiger partial charge in [-0.2, -0.15) is 0 Å². The summed E-state index contributed by atoms with van der Waals surface area (Å²) in [6.07, 6.45) is 0.999. The molecule has 1 aliphatic heterocycles. The maximum Gasteiger partial charge on any atom is 0.223 e. The first-order valence-electron chi connectivity index (χ1n) is 6.34. The molecule has 1 aliphatic rings. The van der Waals surface area contributed by atoms with Crippen LogP contribution in [0.1, 0.15) is 47.5 Å². The van der Waals surface area contributed by atoms with Crippen LogP contribution >= 0.6 is 0 Å². The maximum atomic E-state index is 11.6. The van der Waals surface area contributed by atoms with Crippen molar-refractivity contribution in [2.24, 2.45) is 5.41 Å². The van der Waals surface area contributed by atoms with E-state index in [0.29, 0.717) is 13.0 Å². The molecular formula is C14H32N2O2. The van der Waals surface area contributed by atoms with Gasteiger partial charge in [-0.3, -0.25) is 4.79 Å². The highest BCUT2D eigenvalue weighted by molar-refractivity contribution is 5.77. The summed E-state index contributed by atoms with van der Waals surface area (Å²) in [7, 11) is 0. The molecule has 0 spiro atoms. The van der Waals surface area contributed by atoms with E-state index in [4.69, 9.17) is 0 Å². The van der Waals surface area contributed by atoms with Gasteiger partial charge in [0.25, 0.3) is 0 Å². The molecule has 0 bridgehead atoms. The second-order valence-corrected chi connectivity index (χ2v) is 5.02. The van der Waals surface area contributed by atoms with Crippen LogP contribution in [0.2, 0.25) is 0 Å². The summed E-state index contributed by atoms with van der Waals surface area (Å²) < 4.78 is 0. The first-order chi connectivity index (χ1) is 7.88. The molecule has 1 amide bonds. The van der Waals surface area contributed by atoms with Gasteiger partial charge in [-0.15, -0.1) is 13.2 Å². The molecule has 4 heteroatoms. The van der Waals surface area contributed by atoms with Crippen LogP contribution in [-0.4, -0.2) is 35.1 Å². The Balaban J connectivity index is -0.000000409. The topological polar surface area (TPSA) is 75.5 Å². The minimum atomic E-state index is -0.302. The summed E-state index contributed by atoms with van der Waals surface area (Å²) in [6.45, 7) is 17.4. The van der Waals surface area contributed by atoms with Crippen molar-refractivity contribution in [3.8, 4) is 0 Å². The summed E-state index contributed by atoms with van der Waals surface area (Å²) in [5, 5.41) is 9.25. The molecule has 1 saturated heterocycles. The normalized spacial score (nSPS) is 17.7. The number of hydrogen-bond acceptors (Lipinski definition) is 3. The van der Waals surface area contributed by atoms with E-state index in [0.717, 1.165) is 13.0 Å². The van der Waals surface area contributed by atoms with Crippen molar-refractivity contribution in [3.05, 3.63) is 13.2 Å².